The van der Waals surface area contributed by atoms with Crippen LogP contribution in [0.5, 0.6) is 0 Å². The predicted octanol–water partition coefficient (Wildman–Crippen LogP) is 3.63. The van der Waals surface area contributed by atoms with Crippen LogP contribution in [-0.4, -0.2) is 4.98 Å². The number of aromatic nitrogens is 1. The van der Waals surface area contributed by atoms with Crippen LogP contribution in [0.25, 0.3) is 22.2 Å². The van der Waals surface area contributed by atoms with Gasteiger partial charge in [0.25, 0.3) is 0 Å². The zero-order valence-corrected chi connectivity index (χ0v) is 11.0. The molecule has 0 bridgehead atoms. The maximum absolute atomic E-state index is 13.7. The van der Waals surface area contributed by atoms with Crippen molar-refractivity contribution < 1.29 is 4.39 Å². The lowest BCUT2D eigenvalue weighted by molar-refractivity contribution is 0.620. The first-order chi connectivity index (χ1) is 9.70. The number of fused-ring (bicyclic) bond motifs is 1. The van der Waals surface area contributed by atoms with Gasteiger partial charge in [0, 0.05) is 16.5 Å². The highest BCUT2D eigenvalue weighted by Crippen LogP contribution is 2.30. The summed E-state index contributed by atoms with van der Waals surface area (Å²) < 4.78 is 13.7. The number of halogens is 1. The van der Waals surface area contributed by atoms with E-state index in [1.54, 1.807) is 13.0 Å². The number of nitrogens with zero attached hydrogens (tertiary/aromatic N) is 1. The van der Waals surface area contributed by atoms with Gasteiger partial charge in [-0.05, 0) is 25.1 Å². The molecule has 3 nitrogen and oxygen atoms in total. The smallest absolute Gasteiger partial charge is 0.128 e. The van der Waals surface area contributed by atoms with Gasteiger partial charge in [0.1, 0.15) is 5.82 Å². The molecule has 0 amide bonds. The lowest BCUT2D eigenvalue weighted by Crippen LogP contribution is -2.08. The number of aryl methyl sites for hydroxylation is 1. The Balaban J connectivity index is 2.33. The fraction of sp³-hybridized carbons (Fsp3) is 0.0625. The lowest BCUT2D eigenvalue weighted by Gasteiger charge is -2.11. The molecule has 0 saturated carbocycles. The molecule has 2 aromatic carbocycles. The van der Waals surface area contributed by atoms with E-state index in [9.17, 15) is 4.39 Å². The van der Waals surface area contributed by atoms with Crippen molar-refractivity contribution in [1.82, 2.24) is 4.98 Å². The summed E-state index contributed by atoms with van der Waals surface area (Å²) in [6.45, 7) is 1.72. The van der Waals surface area contributed by atoms with Gasteiger partial charge in [0.05, 0.1) is 16.9 Å². The van der Waals surface area contributed by atoms with Crippen molar-refractivity contribution >= 4 is 16.6 Å². The number of hydrogen-bond acceptors (Lipinski definition) is 3. The quantitative estimate of drug-likeness (QED) is 0.550. The van der Waals surface area contributed by atoms with E-state index in [0.29, 0.717) is 11.1 Å². The Morgan fingerprint density at radius 1 is 1.10 bits per heavy atom. The molecule has 20 heavy (non-hydrogen) atoms. The van der Waals surface area contributed by atoms with Gasteiger partial charge in [-0.3, -0.25) is 5.84 Å². The number of pyridine rings is 1. The third-order valence-corrected chi connectivity index (χ3v) is 3.39. The molecule has 3 aromatic rings. The van der Waals surface area contributed by atoms with Crippen LogP contribution in [0.2, 0.25) is 0 Å². The Morgan fingerprint density at radius 3 is 2.55 bits per heavy atom. The zero-order valence-electron chi connectivity index (χ0n) is 11.0. The Kier molecular flexibility index (Phi) is 3.08. The van der Waals surface area contributed by atoms with Crippen molar-refractivity contribution in [3.05, 3.63) is 59.9 Å². The van der Waals surface area contributed by atoms with Gasteiger partial charge in [-0.2, -0.15) is 0 Å². The third-order valence-electron chi connectivity index (χ3n) is 3.39. The molecule has 1 heterocycles. The van der Waals surface area contributed by atoms with Gasteiger partial charge in [-0.15, -0.1) is 0 Å². The highest BCUT2D eigenvalue weighted by molar-refractivity contribution is 5.95. The van der Waals surface area contributed by atoms with Gasteiger partial charge in [0.15, 0.2) is 0 Å². The van der Waals surface area contributed by atoms with Crippen molar-refractivity contribution in [2.45, 2.75) is 6.92 Å². The van der Waals surface area contributed by atoms with Gasteiger partial charge >= 0.3 is 0 Å². The van der Waals surface area contributed by atoms with Crippen molar-refractivity contribution in [2.24, 2.45) is 5.84 Å². The van der Waals surface area contributed by atoms with E-state index in [4.69, 9.17) is 5.84 Å². The number of nitrogen functional groups attached to an aromatic ring is 1. The van der Waals surface area contributed by atoms with Crippen LogP contribution in [-0.2, 0) is 0 Å². The molecular formula is C16H14FN3. The summed E-state index contributed by atoms with van der Waals surface area (Å²) in [6, 6.07) is 14.7. The van der Waals surface area contributed by atoms with Crippen molar-refractivity contribution in [3.63, 3.8) is 0 Å². The van der Waals surface area contributed by atoms with E-state index in [1.165, 1.54) is 6.07 Å². The number of anilines is 1. The molecule has 0 unspecified atom stereocenters. The number of nitrogens with two attached hydrogens (primary N) is 1. The maximum Gasteiger partial charge on any atom is 0.128 e. The average Bonchev–Trinajstić information content (AvgIpc) is 2.51. The standard InChI is InChI=1S/C16H14FN3/c1-10-13(17)8-7-12-15(20-18)9-14(19-16(10)12)11-5-3-2-4-6-11/h2-9H,18H2,1H3,(H,19,20). The molecule has 3 rings (SSSR count). The van der Waals surface area contributed by atoms with Crippen LogP contribution < -0.4 is 11.3 Å². The van der Waals surface area contributed by atoms with Crippen molar-refractivity contribution in [2.75, 3.05) is 5.43 Å². The number of nitrogens with one attached hydrogen (secondary N) is 1. The summed E-state index contributed by atoms with van der Waals surface area (Å²) in [4.78, 5) is 4.58. The third kappa shape index (κ3) is 2.00. The minimum atomic E-state index is -0.266. The Bertz CT molecular complexity index is 770. The molecule has 0 aliphatic rings. The zero-order chi connectivity index (χ0) is 14.1. The normalized spacial score (nSPS) is 10.8. The van der Waals surface area contributed by atoms with Gasteiger partial charge in [0.2, 0.25) is 0 Å². The summed E-state index contributed by atoms with van der Waals surface area (Å²) >= 11 is 0. The largest absolute Gasteiger partial charge is 0.323 e. The van der Waals surface area contributed by atoms with E-state index >= 15 is 0 Å². The van der Waals surface area contributed by atoms with E-state index in [-0.39, 0.29) is 5.82 Å². The Hall–Kier alpha value is -2.46. The SMILES string of the molecule is Cc1c(F)ccc2c(NN)cc(-c3ccccc3)nc12. The Labute approximate surface area is 116 Å². The molecule has 100 valence electrons. The van der Waals surface area contributed by atoms with E-state index in [0.717, 1.165) is 22.3 Å². The summed E-state index contributed by atoms with van der Waals surface area (Å²) in [7, 11) is 0. The molecule has 0 atom stereocenters. The molecule has 0 radical (unpaired) electrons. The van der Waals surface area contributed by atoms with Crippen LogP contribution in [0.3, 0.4) is 0 Å². The monoisotopic (exact) mass is 267 g/mol. The van der Waals surface area contributed by atoms with Gasteiger partial charge in [-0.25, -0.2) is 9.37 Å². The first-order valence-corrected chi connectivity index (χ1v) is 6.32. The second kappa shape index (κ2) is 4.90. The average molecular weight is 267 g/mol. The van der Waals surface area contributed by atoms with E-state index in [2.05, 4.69) is 10.4 Å². The number of hydrogen-bond donors (Lipinski definition) is 2. The number of hydrazine groups is 1. The molecule has 0 aliphatic carbocycles. The first-order valence-electron chi connectivity index (χ1n) is 6.32. The molecule has 0 saturated heterocycles. The second-order valence-corrected chi connectivity index (χ2v) is 4.63. The molecule has 3 N–H and O–H groups in total. The fourth-order valence-corrected chi connectivity index (χ4v) is 2.28. The fourth-order valence-electron chi connectivity index (χ4n) is 2.28. The molecule has 4 heteroatoms. The number of rotatable bonds is 2. The molecule has 0 spiro atoms. The van der Waals surface area contributed by atoms with Crippen LogP contribution in [0, 0.1) is 12.7 Å². The summed E-state index contributed by atoms with van der Waals surface area (Å²) in [5.41, 5.74) is 6.28. The second-order valence-electron chi connectivity index (χ2n) is 4.63. The van der Waals surface area contributed by atoms with Crippen LogP contribution in [0.15, 0.2) is 48.5 Å². The van der Waals surface area contributed by atoms with Crippen LogP contribution in [0.1, 0.15) is 5.56 Å². The summed E-state index contributed by atoms with van der Waals surface area (Å²) in [6.07, 6.45) is 0. The minimum absolute atomic E-state index is 0.266. The minimum Gasteiger partial charge on any atom is -0.323 e. The Morgan fingerprint density at radius 2 is 1.85 bits per heavy atom. The predicted molar refractivity (Wildman–Crippen MR) is 79.7 cm³/mol. The van der Waals surface area contributed by atoms with Gasteiger partial charge < -0.3 is 5.43 Å². The number of benzene rings is 2. The summed E-state index contributed by atoms with van der Waals surface area (Å²) in [5, 5.41) is 0.811. The molecule has 1 aromatic heterocycles. The molecule has 0 fully saturated rings. The van der Waals surface area contributed by atoms with Crippen LogP contribution in [0.4, 0.5) is 10.1 Å². The van der Waals surface area contributed by atoms with Crippen molar-refractivity contribution in [3.8, 4) is 11.3 Å². The first kappa shape index (κ1) is 12.6. The molecular weight excluding hydrogens is 253 g/mol. The van der Waals surface area contributed by atoms with Gasteiger partial charge in [-0.1, -0.05) is 30.3 Å². The van der Waals surface area contributed by atoms with E-state index < -0.39 is 0 Å². The topological polar surface area (TPSA) is 50.9 Å². The summed E-state index contributed by atoms with van der Waals surface area (Å²) in [5.74, 6) is 5.31. The highest BCUT2D eigenvalue weighted by atomic mass is 19.1. The lowest BCUT2D eigenvalue weighted by atomic mass is 10.1. The van der Waals surface area contributed by atoms with E-state index in [1.807, 2.05) is 36.4 Å². The molecule has 0 aliphatic heterocycles. The maximum atomic E-state index is 13.7. The van der Waals surface area contributed by atoms with Crippen molar-refractivity contribution in [1.29, 1.82) is 0 Å². The van der Waals surface area contributed by atoms with Crippen LogP contribution >= 0.6 is 0 Å². The highest BCUT2D eigenvalue weighted by Gasteiger charge is 2.11.